The number of aromatic nitrogens is 6. The number of imide groups is 1. The third kappa shape index (κ3) is 5.77. The van der Waals surface area contributed by atoms with E-state index in [1.54, 1.807) is 33.4 Å². The molecule has 0 radical (unpaired) electrons. The molecule has 7 rings (SSSR count). The number of anilines is 2. The van der Waals surface area contributed by atoms with Crippen LogP contribution in [0.3, 0.4) is 0 Å². The number of nitrogens with zero attached hydrogens (tertiary/aromatic N) is 6. The van der Waals surface area contributed by atoms with Gasteiger partial charge >= 0.3 is 0 Å². The molecule has 14 heteroatoms. The van der Waals surface area contributed by atoms with Gasteiger partial charge in [-0.05, 0) is 43.6 Å². The average molecular weight is 582 g/mol. The minimum atomic E-state index is -0.372. The molecule has 0 aromatic carbocycles. The molecule has 2 aliphatic carbocycles. The molecule has 4 aromatic rings. The first-order chi connectivity index (χ1) is 19.4. The lowest BCUT2D eigenvalue weighted by Crippen LogP contribution is -2.19. The molecule has 0 bridgehead atoms. The van der Waals surface area contributed by atoms with E-state index in [1.165, 1.54) is 31.9 Å². The highest BCUT2D eigenvalue weighted by Crippen LogP contribution is 2.30. The van der Waals surface area contributed by atoms with Gasteiger partial charge in [0.25, 0.3) is 5.91 Å². The first-order valence-electron chi connectivity index (χ1n) is 12.9. The number of amides is 2. The van der Waals surface area contributed by atoms with Crippen molar-refractivity contribution in [1.82, 2.24) is 34.5 Å². The Labute approximate surface area is 238 Å². The SMILES string of the molecule is O=C1C/C(=C\c2cnn3c(NCC4CC4)cc(Cl)nc23)C(=O)N1.O=Cc1cnn2c(NCC3CC3)cc(Cl)nc12. The van der Waals surface area contributed by atoms with E-state index in [4.69, 9.17) is 23.2 Å². The zero-order valence-corrected chi connectivity index (χ0v) is 22.7. The first kappa shape index (κ1) is 26.2. The summed E-state index contributed by atoms with van der Waals surface area (Å²) >= 11 is 12.0. The highest BCUT2D eigenvalue weighted by Gasteiger charge is 2.25. The van der Waals surface area contributed by atoms with E-state index in [9.17, 15) is 14.4 Å². The third-order valence-corrected chi connectivity index (χ3v) is 7.21. The van der Waals surface area contributed by atoms with Crippen molar-refractivity contribution >= 4 is 70.3 Å². The molecule has 2 amide bonds. The van der Waals surface area contributed by atoms with Gasteiger partial charge in [-0.3, -0.25) is 19.7 Å². The molecule has 3 N–H and O–H groups in total. The summed E-state index contributed by atoms with van der Waals surface area (Å²) < 4.78 is 3.27. The maximum absolute atomic E-state index is 11.7. The number of hydrogen-bond acceptors (Lipinski definition) is 9. The molecular formula is C26H25Cl2N9O3. The highest BCUT2D eigenvalue weighted by molar-refractivity contribution is 6.30. The Balaban J connectivity index is 0.000000151. The fourth-order valence-corrected chi connectivity index (χ4v) is 4.65. The molecule has 3 fully saturated rings. The summed E-state index contributed by atoms with van der Waals surface area (Å²) in [5.74, 6) is 2.34. The van der Waals surface area contributed by atoms with Gasteiger partial charge in [-0.15, -0.1) is 0 Å². The zero-order chi connectivity index (χ0) is 27.8. The van der Waals surface area contributed by atoms with Crippen LogP contribution in [0.15, 0.2) is 30.1 Å². The van der Waals surface area contributed by atoms with Crippen LogP contribution in [0, 0.1) is 11.8 Å². The van der Waals surface area contributed by atoms with E-state index >= 15 is 0 Å². The molecule has 206 valence electrons. The largest absolute Gasteiger partial charge is 0.370 e. The Hall–Kier alpha value is -4.03. The predicted molar refractivity (Wildman–Crippen MR) is 150 cm³/mol. The van der Waals surface area contributed by atoms with E-state index in [0.29, 0.717) is 44.2 Å². The van der Waals surface area contributed by atoms with Crippen LogP contribution in [-0.4, -0.2) is 60.4 Å². The van der Waals surface area contributed by atoms with Gasteiger partial charge in [-0.1, -0.05) is 23.2 Å². The van der Waals surface area contributed by atoms with Crippen molar-refractivity contribution < 1.29 is 14.4 Å². The summed E-state index contributed by atoms with van der Waals surface area (Å²) in [6.45, 7) is 1.79. The van der Waals surface area contributed by atoms with Crippen LogP contribution in [0.1, 0.15) is 48.0 Å². The number of carbonyl (C=O) groups is 3. The molecule has 0 unspecified atom stereocenters. The van der Waals surface area contributed by atoms with Gasteiger partial charge in [0.15, 0.2) is 17.6 Å². The van der Waals surface area contributed by atoms with Gasteiger partial charge in [0.2, 0.25) is 5.91 Å². The van der Waals surface area contributed by atoms with Crippen molar-refractivity contribution in [3.8, 4) is 0 Å². The number of carbonyl (C=O) groups excluding carboxylic acids is 3. The van der Waals surface area contributed by atoms with Gasteiger partial charge in [-0.2, -0.15) is 19.2 Å². The van der Waals surface area contributed by atoms with Gasteiger partial charge in [-0.25, -0.2) is 9.97 Å². The van der Waals surface area contributed by atoms with E-state index in [1.807, 2.05) is 0 Å². The molecule has 12 nitrogen and oxygen atoms in total. The smallest absolute Gasteiger partial charge is 0.254 e. The van der Waals surface area contributed by atoms with Crippen molar-refractivity contribution in [2.45, 2.75) is 32.1 Å². The van der Waals surface area contributed by atoms with Crippen molar-refractivity contribution in [1.29, 1.82) is 0 Å². The van der Waals surface area contributed by atoms with Crippen molar-refractivity contribution in [2.24, 2.45) is 11.8 Å². The fourth-order valence-electron chi connectivity index (χ4n) is 4.29. The molecule has 0 atom stereocenters. The summed E-state index contributed by atoms with van der Waals surface area (Å²) in [4.78, 5) is 42.2. The molecule has 1 aliphatic heterocycles. The number of hydrogen-bond donors (Lipinski definition) is 3. The van der Waals surface area contributed by atoms with Crippen LogP contribution < -0.4 is 16.0 Å². The monoisotopic (exact) mass is 581 g/mol. The summed E-state index contributed by atoms with van der Waals surface area (Å²) in [6, 6.07) is 3.45. The van der Waals surface area contributed by atoms with Crippen LogP contribution in [0.25, 0.3) is 17.4 Å². The van der Waals surface area contributed by atoms with Gasteiger partial charge in [0, 0.05) is 36.4 Å². The topological polar surface area (TPSA) is 148 Å². The Morgan fingerprint density at radius 2 is 1.40 bits per heavy atom. The van der Waals surface area contributed by atoms with Crippen LogP contribution >= 0.6 is 23.2 Å². The Morgan fingerprint density at radius 1 is 0.875 bits per heavy atom. The minimum Gasteiger partial charge on any atom is -0.370 e. The second kappa shape index (κ2) is 10.9. The minimum absolute atomic E-state index is 0.0729. The Bertz CT molecular complexity index is 1670. The molecule has 40 heavy (non-hydrogen) atoms. The molecule has 2 saturated carbocycles. The van der Waals surface area contributed by atoms with Crippen LogP contribution in [-0.2, 0) is 9.59 Å². The molecule has 1 saturated heterocycles. The average Bonchev–Trinajstić information content (AvgIpc) is 3.83. The predicted octanol–water partition coefficient (Wildman–Crippen LogP) is 3.65. The van der Waals surface area contributed by atoms with Gasteiger partial charge in [0.1, 0.15) is 21.9 Å². The number of fused-ring (bicyclic) bond motifs is 2. The second-order valence-electron chi connectivity index (χ2n) is 10.1. The lowest BCUT2D eigenvalue weighted by Gasteiger charge is -2.08. The van der Waals surface area contributed by atoms with Crippen LogP contribution in [0.4, 0.5) is 11.6 Å². The summed E-state index contributed by atoms with van der Waals surface area (Å²) in [7, 11) is 0. The summed E-state index contributed by atoms with van der Waals surface area (Å²) in [6.07, 6.45) is 10.6. The van der Waals surface area contributed by atoms with Crippen molar-refractivity contribution in [2.75, 3.05) is 23.7 Å². The molecule has 5 heterocycles. The summed E-state index contributed by atoms with van der Waals surface area (Å²) in [5, 5.41) is 18.0. The second-order valence-corrected chi connectivity index (χ2v) is 10.9. The maximum atomic E-state index is 11.7. The van der Waals surface area contributed by atoms with Crippen molar-refractivity contribution in [3.63, 3.8) is 0 Å². The quantitative estimate of drug-likeness (QED) is 0.123. The van der Waals surface area contributed by atoms with Crippen LogP contribution in [0.5, 0.6) is 0 Å². The van der Waals surface area contributed by atoms with E-state index in [-0.39, 0.29) is 18.2 Å². The Morgan fingerprint density at radius 3 is 1.88 bits per heavy atom. The number of aldehydes is 1. The zero-order valence-electron chi connectivity index (χ0n) is 21.2. The van der Waals surface area contributed by atoms with Gasteiger partial charge < -0.3 is 10.6 Å². The maximum Gasteiger partial charge on any atom is 0.254 e. The molecule has 0 spiro atoms. The fraction of sp³-hybridized carbons (Fsp3) is 0.346. The van der Waals surface area contributed by atoms with Crippen LogP contribution in [0.2, 0.25) is 10.3 Å². The lowest BCUT2D eigenvalue weighted by molar-refractivity contribution is -0.124. The van der Waals surface area contributed by atoms with E-state index in [0.717, 1.165) is 36.9 Å². The normalized spacial score (nSPS) is 17.7. The lowest BCUT2D eigenvalue weighted by atomic mass is 10.1. The van der Waals surface area contributed by atoms with Crippen molar-refractivity contribution in [3.05, 3.63) is 51.5 Å². The Kier molecular flexibility index (Phi) is 7.11. The van der Waals surface area contributed by atoms with E-state index in [2.05, 4.69) is 36.1 Å². The number of halogens is 2. The number of rotatable bonds is 8. The molecule has 4 aromatic heterocycles. The summed E-state index contributed by atoms with van der Waals surface area (Å²) in [5.41, 5.74) is 2.55. The highest BCUT2D eigenvalue weighted by atomic mass is 35.5. The van der Waals surface area contributed by atoms with E-state index < -0.39 is 0 Å². The first-order valence-corrected chi connectivity index (χ1v) is 13.7. The van der Waals surface area contributed by atoms with Gasteiger partial charge in [0.05, 0.1) is 24.4 Å². The molecular weight excluding hydrogens is 557 g/mol. The number of nitrogens with one attached hydrogen (secondary N) is 3. The third-order valence-electron chi connectivity index (χ3n) is 6.83. The standard InChI is InChI=1S/C15H14ClN5O2.C11H11ClN4O/c16-11-5-12(17-6-8-1-2-8)21-14(19-11)10(7-18-21)3-9-4-13(22)20-15(9)23;12-9-3-10(13-4-7-1-2-7)16-11(15-9)8(6-17)5-14-16/h3,5,7-8,17H,1-2,4,6H2,(H,20,22,23);3,5-7,13H,1-2,4H2/b9-3+;. The molecule has 3 aliphatic rings.